The summed E-state index contributed by atoms with van der Waals surface area (Å²) in [5.41, 5.74) is -0.794. The number of hydrogen-bond donors (Lipinski definition) is 1. The van der Waals surface area contributed by atoms with Gasteiger partial charge in [-0.25, -0.2) is 0 Å². The molecule has 0 unspecified atom stereocenters. The first-order valence-electron chi connectivity index (χ1n) is 4.21. The van der Waals surface area contributed by atoms with E-state index in [2.05, 4.69) is 13.2 Å². The maximum atomic E-state index is 10.2. The van der Waals surface area contributed by atoms with Gasteiger partial charge in [-0.2, -0.15) is 0 Å². The Bertz CT molecular complexity index is 264. The van der Waals surface area contributed by atoms with E-state index in [1.807, 2.05) is 17.5 Å². The molecule has 0 amide bonds. The third kappa shape index (κ3) is 2.29. The van der Waals surface area contributed by atoms with Crippen molar-refractivity contribution in [2.24, 2.45) is 0 Å². The predicted octanol–water partition coefficient (Wildman–Crippen LogP) is 3.09. The van der Waals surface area contributed by atoms with Crippen molar-refractivity contribution in [3.05, 3.63) is 47.7 Å². The lowest BCUT2D eigenvalue weighted by molar-refractivity contribution is 0.0468. The fraction of sp³-hybridized carbons (Fsp3) is 0.273. The lowest BCUT2D eigenvalue weighted by atomic mass is 9.94. The Hall–Kier alpha value is -0.860. The predicted molar refractivity (Wildman–Crippen MR) is 57.8 cm³/mol. The standard InChI is InChI=1S/C11H14OS/c1-3-7-11(12,8-4-2)10-6-5-9-13-10/h3-6,9,12H,1-2,7-8H2. The molecular formula is C11H14OS. The molecule has 0 spiro atoms. The summed E-state index contributed by atoms with van der Waals surface area (Å²) in [4.78, 5) is 0.979. The SMILES string of the molecule is C=CCC(O)(CC=C)c1cccs1. The van der Waals surface area contributed by atoms with Gasteiger partial charge in [-0.05, 0) is 24.3 Å². The molecule has 1 aromatic rings. The minimum absolute atomic E-state index is 0.569. The Labute approximate surface area is 83.0 Å². The number of thiophene rings is 1. The van der Waals surface area contributed by atoms with Gasteiger partial charge < -0.3 is 5.11 Å². The zero-order chi connectivity index (χ0) is 9.73. The smallest absolute Gasteiger partial charge is 0.106 e. The number of aliphatic hydroxyl groups is 1. The number of rotatable bonds is 5. The van der Waals surface area contributed by atoms with Crippen LogP contribution in [0.5, 0.6) is 0 Å². The van der Waals surface area contributed by atoms with Crippen LogP contribution in [0.2, 0.25) is 0 Å². The summed E-state index contributed by atoms with van der Waals surface area (Å²) in [6.45, 7) is 7.30. The molecule has 70 valence electrons. The highest BCUT2D eigenvalue weighted by Crippen LogP contribution is 2.32. The van der Waals surface area contributed by atoms with Crippen molar-refractivity contribution >= 4 is 11.3 Å². The molecule has 0 aliphatic rings. The van der Waals surface area contributed by atoms with Gasteiger partial charge in [0.25, 0.3) is 0 Å². The van der Waals surface area contributed by atoms with Gasteiger partial charge in [0.1, 0.15) is 5.60 Å². The molecule has 0 aromatic carbocycles. The summed E-state index contributed by atoms with van der Waals surface area (Å²) in [6.07, 6.45) is 4.62. The number of hydrogen-bond acceptors (Lipinski definition) is 2. The molecule has 13 heavy (non-hydrogen) atoms. The molecule has 1 rings (SSSR count). The van der Waals surface area contributed by atoms with E-state index in [0.29, 0.717) is 12.8 Å². The van der Waals surface area contributed by atoms with Crippen molar-refractivity contribution in [3.63, 3.8) is 0 Å². The fourth-order valence-electron chi connectivity index (χ4n) is 1.31. The zero-order valence-electron chi connectivity index (χ0n) is 7.57. The molecule has 2 heteroatoms. The van der Waals surface area contributed by atoms with Crippen LogP contribution in [-0.2, 0) is 5.60 Å². The quantitative estimate of drug-likeness (QED) is 0.714. The molecule has 0 saturated heterocycles. The lowest BCUT2D eigenvalue weighted by Crippen LogP contribution is -2.22. The Morgan fingerprint density at radius 2 is 2.00 bits per heavy atom. The van der Waals surface area contributed by atoms with Crippen molar-refractivity contribution in [1.29, 1.82) is 0 Å². The lowest BCUT2D eigenvalue weighted by Gasteiger charge is -2.23. The molecule has 0 atom stereocenters. The van der Waals surface area contributed by atoms with E-state index in [4.69, 9.17) is 0 Å². The third-order valence-corrected chi connectivity index (χ3v) is 3.01. The fourth-order valence-corrected chi connectivity index (χ4v) is 2.15. The maximum absolute atomic E-state index is 10.2. The third-order valence-electron chi connectivity index (χ3n) is 1.94. The zero-order valence-corrected chi connectivity index (χ0v) is 8.39. The second-order valence-corrected chi connectivity index (χ2v) is 3.94. The summed E-state index contributed by atoms with van der Waals surface area (Å²) in [5.74, 6) is 0. The second-order valence-electron chi connectivity index (χ2n) is 2.99. The highest BCUT2D eigenvalue weighted by molar-refractivity contribution is 7.10. The van der Waals surface area contributed by atoms with Crippen LogP contribution >= 0.6 is 11.3 Å². The summed E-state index contributed by atoms with van der Waals surface area (Å²) in [7, 11) is 0. The van der Waals surface area contributed by atoms with E-state index < -0.39 is 5.60 Å². The average Bonchev–Trinajstić information content (AvgIpc) is 2.57. The van der Waals surface area contributed by atoms with Gasteiger partial charge in [0.15, 0.2) is 0 Å². The van der Waals surface area contributed by atoms with Crippen LogP contribution in [0.1, 0.15) is 17.7 Å². The van der Waals surface area contributed by atoms with Crippen LogP contribution < -0.4 is 0 Å². The van der Waals surface area contributed by atoms with Gasteiger partial charge in [-0.3, -0.25) is 0 Å². The van der Waals surface area contributed by atoms with Crippen LogP contribution in [0.15, 0.2) is 42.8 Å². The first-order chi connectivity index (χ1) is 6.23. The first kappa shape index (κ1) is 10.2. The van der Waals surface area contributed by atoms with Crippen molar-refractivity contribution in [2.45, 2.75) is 18.4 Å². The van der Waals surface area contributed by atoms with Gasteiger partial charge in [-0.1, -0.05) is 18.2 Å². The highest BCUT2D eigenvalue weighted by Gasteiger charge is 2.26. The van der Waals surface area contributed by atoms with Crippen molar-refractivity contribution in [1.82, 2.24) is 0 Å². The molecule has 0 aliphatic heterocycles. The van der Waals surface area contributed by atoms with Gasteiger partial charge in [0.05, 0.1) is 0 Å². The Morgan fingerprint density at radius 1 is 1.38 bits per heavy atom. The van der Waals surface area contributed by atoms with Crippen LogP contribution in [-0.4, -0.2) is 5.11 Å². The molecule has 0 bridgehead atoms. The van der Waals surface area contributed by atoms with Crippen LogP contribution in [0.25, 0.3) is 0 Å². The van der Waals surface area contributed by atoms with Crippen LogP contribution in [0.4, 0.5) is 0 Å². The van der Waals surface area contributed by atoms with Crippen LogP contribution in [0.3, 0.4) is 0 Å². The topological polar surface area (TPSA) is 20.2 Å². The van der Waals surface area contributed by atoms with E-state index in [-0.39, 0.29) is 0 Å². The van der Waals surface area contributed by atoms with E-state index in [1.165, 1.54) is 0 Å². The Balaban J connectivity index is 2.89. The van der Waals surface area contributed by atoms with E-state index in [0.717, 1.165) is 4.88 Å². The van der Waals surface area contributed by atoms with Crippen molar-refractivity contribution in [3.8, 4) is 0 Å². The molecule has 1 N–H and O–H groups in total. The molecule has 0 fully saturated rings. The molecule has 1 heterocycles. The largest absolute Gasteiger partial charge is 0.384 e. The summed E-state index contributed by atoms with van der Waals surface area (Å²) in [6, 6.07) is 3.88. The average molecular weight is 194 g/mol. The molecule has 1 nitrogen and oxygen atoms in total. The Morgan fingerprint density at radius 3 is 2.38 bits per heavy atom. The second kappa shape index (κ2) is 4.40. The monoisotopic (exact) mass is 194 g/mol. The maximum Gasteiger partial charge on any atom is 0.106 e. The normalized spacial score (nSPS) is 11.2. The van der Waals surface area contributed by atoms with Gasteiger partial charge in [-0.15, -0.1) is 24.5 Å². The van der Waals surface area contributed by atoms with E-state index in [9.17, 15) is 5.11 Å². The Kier molecular flexibility index (Phi) is 3.46. The van der Waals surface area contributed by atoms with Crippen molar-refractivity contribution < 1.29 is 5.11 Å². The molecule has 0 radical (unpaired) electrons. The first-order valence-corrected chi connectivity index (χ1v) is 5.09. The van der Waals surface area contributed by atoms with Crippen molar-refractivity contribution in [2.75, 3.05) is 0 Å². The van der Waals surface area contributed by atoms with Crippen LogP contribution in [0, 0.1) is 0 Å². The minimum Gasteiger partial charge on any atom is -0.384 e. The van der Waals surface area contributed by atoms with E-state index in [1.54, 1.807) is 23.5 Å². The van der Waals surface area contributed by atoms with Gasteiger partial charge in [0.2, 0.25) is 0 Å². The summed E-state index contributed by atoms with van der Waals surface area (Å²) >= 11 is 1.56. The minimum atomic E-state index is -0.794. The molecular weight excluding hydrogens is 180 g/mol. The van der Waals surface area contributed by atoms with Gasteiger partial charge >= 0.3 is 0 Å². The summed E-state index contributed by atoms with van der Waals surface area (Å²) < 4.78 is 0. The van der Waals surface area contributed by atoms with E-state index >= 15 is 0 Å². The van der Waals surface area contributed by atoms with Gasteiger partial charge in [0, 0.05) is 4.88 Å². The molecule has 0 aliphatic carbocycles. The highest BCUT2D eigenvalue weighted by atomic mass is 32.1. The molecule has 0 saturated carbocycles. The molecule has 1 aromatic heterocycles. The summed E-state index contributed by atoms with van der Waals surface area (Å²) in [5, 5.41) is 12.2.